The lowest BCUT2D eigenvalue weighted by Crippen LogP contribution is -2.15. The highest BCUT2D eigenvalue weighted by atomic mass is 79.9. The van der Waals surface area contributed by atoms with E-state index in [1.807, 2.05) is 18.2 Å². The normalized spacial score (nSPS) is 16.6. The molecule has 5 nitrogen and oxygen atoms in total. The van der Waals surface area contributed by atoms with Gasteiger partial charge in [0.2, 0.25) is 5.91 Å². The number of pyridine rings is 1. The Hall–Kier alpha value is -1.54. The summed E-state index contributed by atoms with van der Waals surface area (Å²) in [6.07, 6.45) is 1.73. The SMILES string of the molecule is Cn1nc(-c2ccc(Br)cn2)c2c1NC(=O)CSC2c1ccc(Cl)cc1Cl. The summed E-state index contributed by atoms with van der Waals surface area (Å²) in [5.41, 5.74) is 3.20. The molecule has 1 aliphatic rings. The van der Waals surface area contributed by atoms with E-state index in [0.717, 1.165) is 21.3 Å². The average Bonchev–Trinajstić information content (AvgIpc) is 2.83. The van der Waals surface area contributed by atoms with Crippen molar-refractivity contribution in [2.24, 2.45) is 7.05 Å². The Morgan fingerprint density at radius 3 is 2.81 bits per heavy atom. The van der Waals surface area contributed by atoms with Crippen LogP contribution in [0.25, 0.3) is 11.4 Å². The number of nitrogens with zero attached hydrogens (tertiary/aromatic N) is 3. The van der Waals surface area contributed by atoms with E-state index < -0.39 is 0 Å². The molecule has 1 atom stereocenters. The number of hydrogen-bond acceptors (Lipinski definition) is 4. The highest BCUT2D eigenvalue weighted by molar-refractivity contribution is 9.10. The van der Waals surface area contributed by atoms with E-state index >= 15 is 0 Å². The Balaban J connectivity index is 1.94. The number of halogens is 3. The molecule has 3 aromatic rings. The zero-order valence-corrected chi connectivity index (χ0v) is 18.0. The fraction of sp³-hybridized carbons (Fsp3) is 0.167. The van der Waals surface area contributed by atoms with Crippen molar-refractivity contribution >= 4 is 62.6 Å². The summed E-state index contributed by atoms with van der Waals surface area (Å²) in [7, 11) is 1.80. The van der Waals surface area contributed by atoms with Crippen LogP contribution < -0.4 is 5.32 Å². The van der Waals surface area contributed by atoms with Crippen LogP contribution in [0.3, 0.4) is 0 Å². The van der Waals surface area contributed by atoms with Crippen molar-refractivity contribution in [3.63, 3.8) is 0 Å². The minimum atomic E-state index is -0.183. The van der Waals surface area contributed by atoms with Crippen molar-refractivity contribution in [1.29, 1.82) is 0 Å². The van der Waals surface area contributed by atoms with Gasteiger partial charge in [-0.3, -0.25) is 14.5 Å². The Labute approximate surface area is 178 Å². The van der Waals surface area contributed by atoms with Gasteiger partial charge >= 0.3 is 0 Å². The van der Waals surface area contributed by atoms with Crippen molar-refractivity contribution in [3.05, 3.63) is 62.2 Å². The number of benzene rings is 1. The van der Waals surface area contributed by atoms with Gasteiger partial charge < -0.3 is 5.32 Å². The first kappa shape index (κ1) is 18.8. The monoisotopic (exact) mass is 482 g/mol. The molecular formula is C18H13BrCl2N4OS. The van der Waals surface area contributed by atoms with Gasteiger partial charge in [0, 0.05) is 33.3 Å². The van der Waals surface area contributed by atoms with Gasteiger partial charge in [-0.05, 0) is 45.8 Å². The van der Waals surface area contributed by atoms with Crippen molar-refractivity contribution < 1.29 is 4.79 Å². The minimum Gasteiger partial charge on any atom is -0.310 e. The molecule has 0 bridgehead atoms. The number of thioether (sulfide) groups is 1. The van der Waals surface area contributed by atoms with Crippen LogP contribution in [0.2, 0.25) is 10.0 Å². The Bertz CT molecular complexity index is 1040. The van der Waals surface area contributed by atoms with Gasteiger partial charge in [-0.2, -0.15) is 5.10 Å². The molecule has 4 rings (SSSR count). The van der Waals surface area contributed by atoms with E-state index in [4.69, 9.17) is 23.2 Å². The molecule has 2 aromatic heterocycles. The lowest BCUT2D eigenvalue weighted by molar-refractivity contribution is -0.113. The Morgan fingerprint density at radius 2 is 2.11 bits per heavy atom. The van der Waals surface area contributed by atoms with Gasteiger partial charge in [0.15, 0.2) is 0 Å². The molecule has 3 heterocycles. The summed E-state index contributed by atoms with van der Waals surface area (Å²) >= 11 is 17.5. The van der Waals surface area contributed by atoms with Gasteiger partial charge in [-0.25, -0.2) is 0 Å². The lowest BCUT2D eigenvalue weighted by Gasteiger charge is -2.17. The molecule has 1 N–H and O–H groups in total. The maximum Gasteiger partial charge on any atom is 0.235 e. The third-order valence-electron chi connectivity index (χ3n) is 4.20. The molecule has 0 fully saturated rings. The summed E-state index contributed by atoms with van der Waals surface area (Å²) in [5.74, 6) is 0.888. The van der Waals surface area contributed by atoms with Gasteiger partial charge in [0.1, 0.15) is 11.5 Å². The first-order valence-corrected chi connectivity index (χ1v) is 10.6. The Kier molecular flexibility index (Phi) is 5.20. The smallest absolute Gasteiger partial charge is 0.235 e. The molecule has 0 spiro atoms. The van der Waals surface area contributed by atoms with Crippen LogP contribution >= 0.6 is 50.9 Å². The molecule has 27 heavy (non-hydrogen) atoms. The molecule has 0 aliphatic carbocycles. The topological polar surface area (TPSA) is 59.8 Å². The summed E-state index contributed by atoms with van der Waals surface area (Å²) in [6.45, 7) is 0. The summed E-state index contributed by atoms with van der Waals surface area (Å²) in [4.78, 5) is 16.7. The predicted octanol–water partition coefficient (Wildman–Crippen LogP) is 5.33. The highest BCUT2D eigenvalue weighted by Gasteiger charge is 2.32. The summed E-state index contributed by atoms with van der Waals surface area (Å²) in [6, 6.07) is 9.22. The van der Waals surface area contributed by atoms with Crippen LogP contribution in [0, 0.1) is 0 Å². The number of amides is 1. The summed E-state index contributed by atoms with van der Waals surface area (Å²) < 4.78 is 2.56. The standard InChI is InChI=1S/C18H13BrCl2N4OS/c1-25-18-15(16(24-25)13-5-2-9(19)7-22-13)17(27-8-14(26)23-18)11-4-3-10(20)6-12(11)21/h2-7,17H,8H2,1H3,(H,23,26). The van der Waals surface area contributed by atoms with Crippen LogP contribution in [0.5, 0.6) is 0 Å². The molecule has 0 saturated heterocycles. The van der Waals surface area contributed by atoms with Gasteiger partial charge in [0.25, 0.3) is 0 Å². The van der Waals surface area contributed by atoms with E-state index in [0.29, 0.717) is 27.3 Å². The third-order valence-corrected chi connectivity index (χ3v) is 6.48. The maximum atomic E-state index is 12.3. The number of nitrogens with one attached hydrogen (secondary N) is 1. The quantitative estimate of drug-likeness (QED) is 0.535. The average molecular weight is 484 g/mol. The van der Waals surface area contributed by atoms with E-state index in [2.05, 4.69) is 31.3 Å². The molecule has 138 valence electrons. The molecular weight excluding hydrogens is 471 g/mol. The highest BCUT2D eigenvalue weighted by Crippen LogP contribution is 2.47. The van der Waals surface area contributed by atoms with Crippen LogP contribution in [0.4, 0.5) is 5.82 Å². The molecule has 0 saturated carbocycles. The Morgan fingerprint density at radius 1 is 1.30 bits per heavy atom. The van der Waals surface area contributed by atoms with Crippen LogP contribution in [-0.4, -0.2) is 26.4 Å². The fourth-order valence-electron chi connectivity index (χ4n) is 3.01. The second-order valence-corrected chi connectivity index (χ2v) is 8.85. The van der Waals surface area contributed by atoms with Crippen molar-refractivity contribution in [2.75, 3.05) is 11.1 Å². The van der Waals surface area contributed by atoms with E-state index in [9.17, 15) is 4.79 Å². The van der Waals surface area contributed by atoms with E-state index in [-0.39, 0.29) is 11.2 Å². The molecule has 0 radical (unpaired) electrons. The molecule has 1 aliphatic heterocycles. The molecule has 1 amide bonds. The first-order valence-electron chi connectivity index (χ1n) is 7.99. The number of carbonyl (C=O) groups excluding carboxylic acids is 1. The van der Waals surface area contributed by atoms with Crippen LogP contribution in [0.1, 0.15) is 16.4 Å². The number of carbonyl (C=O) groups is 1. The van der Waals surface area contributed by atoms with Crippen molar-refractivity contribution in [3.8, 4) is 11.4 Å². The molecule has 1 unspecified atom stereocenters. The van der Waals surface area contributed by atoms with Crippen LogP contribution in [-0.2, 0) is 11.8 Å². The third kappa shape index (κ3) is 3.61. The number of rotatable bonds is 2. The molecule has 1 aromatic carbocycles. The second-order valence-electron chi connectivity index (χ2n) is 6.00. The number of aryl methyl sites for hydroxylation is 1. The number of anilines is 1. The number of fused-ring (bicyclic) bond motifs is 1. The largest absolute Gasteiger partial charge is 0.310 e. The van der Waals surface area contributed by atoms with Gasteiger partial charge in [0.05, 0.1) is 16.7 Å². The van der Waals surface area contributed by atoms with E-state index in [1.54, 1.807) is 30.1 Å². The van der Waals surface area contributed by atoms with E-state index in [1.165, 1.54) is 11.8 Å². The minimum absolute atomic E-state index is 0.0767. The number of hydrogen-bond donors (Lipinski definition) is 1. The molecule has 9 heteroatoms. The number of aromatic nitrogens is 3. The second kappa shape index (κ2) is 7.47. The van der Waals surface area contributed by atoms with Gasteiger partial charge in [-0.15, -0.1) is 11.8 Å². The van der Waals surface area contributed by atoms with Gasteiger partial charge in [-0.1, -0.05) is 29.3 Å². The predicted molar refractivity (Wildman–Crippen MR) is 114 cm³/mol. The van der Waals surface area contributed by atoms with Crippen molar-refractivity contribution in [1.82, 2.24) is 14.8 Å². The fourth-order valence-corrected chi connectivity index (χ4v) is 4.99. The first-order chi connectivity index (χ1) is 12.9. The zero-order valence-electron chi connectivity index (χ0n) is 14.0. The zero-order chi connectivity index (χ0) is 19.1. The maximum absolute atomic E-state index is 12.3. The van der Waals surface area contributed by atoms with Crippen LogP contribution in [0.15, 0.2) is 41.0 Å². The van der Waals surface area contributed by atoms with Crippen molar-refractivity contribution in [2.45, 2.75) is 5.25 Å². The summed E-state index contributed by atoms with van der Waals surface area (Å²) in [5, 5.41) is 8.53. The lowest BCUT2D eigenvalue weighted by atomic mass is 10.0.